The number of Topliss-reactive ketones (excluding diaryl/α,β-unsaturated/α-hetero) is 1. The van der Waals surface area contributed by atoms with E-state index in [1.165, 1.54) is 0 Å². The summed E-state index contributed by atoms with van der Waals surface area (Å²) in [5, 5.41) is 14.9. The molecule has 0 aromatic carbocycles. The zero-order valence-corrected chi connectivity index (χ0v) is 19.9. The van der Waals surface area contributed by atoms with E-state index in [1.807, 2.05) is 25.6 Å². The highest BCUT2D eigenvalue weighted by Gasteiger charge is 2.60. The van der Waals surface area contributed by atoms with E-state index in [0.29, 0.717) is 48.8 Å². The number of halogens is 1. The molecule has 4 fully saturated rings. The number of hydrogen-bond donors (Lipinski definition) is 1. The number of hydrogen-bond acceptors (Lipinski definition) is 4. The zero-order chi connectivity index (χ0) is 22.0. The SMILES string of the molecule is CSc1cnn(CC(=O)C2CCC3C4CC(F)C5C[C@](C)(O)CCC5C4CCC23C)c1. The Morgan fingerprint density at radius 1 is 1.19 bits per heavy atom. The van der Waals surface area contributed by atoms with Crippen LogP contribution >= 0.6 is 11.8 Å². The normalized spacial score (nSPS) is 46.8. The van der Waals surface area contributed by atoms with Crippen LogP contribution < -0.4 is 0 Å². The molecule has 0 bridgehead atoms. The standard InChI is InChI=1S/C25H37FN2O2S/c1-24(30)8-6-17-16-7-9-25(2)20(18(16)10-22(26)19(17)11-24)4-5-21(25)23(29)14-28-13-15(31-3)12-27-28/h12-13,16-22,30H,4-11,14H2,1-3H3/t16?,17?,18?,19?,20?,21?,22?,24-,25?/m1/s1. The Balaban J connectivity index is 1.32. The molecule has 6 heteroatoms. The molecule has 4 saturated carbocycles. The molecule has 172 valence electrons. The lowest BCUT2D eigenvalue weighted by Crippen LogP contribution is -2.54. The lowest BCUT2D eigenvalue weighted by molar-refractivity contribution is -0.139. The number of thioether (sulfide) groups is 1. The Labute approximate surface area is 189 Å². The van der Waals surface area contributed by atoms with Gasteiger partial charge in [0.2, 0.25) is 0 Å². The third-order valence-corrected chi connectivity index (χ3v) is 10.5. The number of carbonyl (C=O) groups is 1. The topological polar surface area (TPSA) is 55.1 Å². The molecule has 9 atom stereocenters. The van der Waals surface area contributed by atoms with Gasteiger partial charge >= 0.3 is 0 Å². The van der Waals surface area contributed by atoms with Crippen LogP contribution in [-0.2, 0) is 11.3 Å². The van der Waals surface area contributed by atoms with Crippen LogP contribution in [0.4, 0.5) is 4.39 Å². The molecular weight excluding hydrogens is 411 g/mol. The lowest BCUT2D eigenvalue weighted by Gasteiger charge is -2.57. The van der Waals surface area contributed by atoms with Gasteiger partial charge in [-0.25, -0.2) is 4.39 Å². The number of aliphatic hydroxyl groups is 1. The van der Waals surface area contributed by atoms with Crippen LogP contribution in [-0.4, -0.2) is 38.7 Å². The predicted octanol–water partition coefficient (Wildman–Crippen LogP) is 5.14. The van der Waals surface area contributed by atoms with Gasteiger partial charge in [0, 0.05) is 17.0 Å². The van der Waals surface area contributed by atoms with Gasteiger partial charge in [0.05, 0.1) is 18.3 Å². The quantitative estimate of drug-likeness (QED) is 0.648. The van der Waals surface area contributed by atoms with Crippen molar-refractivity contribution >= 4 is 17.5 Å². The Kier molecular flexibility index (Phi) is 5.56. The number of aromatic nitrogens is 2. The summed E-state index contributed by atoms with van der Waals surface area (Å²) in [5.41, 5.74) is -0.699. The average Bonchev–Trinajstić information content (AvgIpc) is 3.31. The zero-order valence-electron chi connectivity index (χ0n) is 19.1. The van der Waals surface area contributed by atoms with Gasteiger partial charge < -0.3 is 5.11 Å². The van der Waals surface area contributed by atoms with Gasteiger partial charge in [-0.2, -0.15) is 5.10 Å². The number of ketones is 1. The first-order chi connectivity index (χ1) is 14.7. The maximum atomic E-state index is 15.4. The van der Waals surface area contributed by atoms with Crippen LogP contribution in [0, 0.1) is 40.9 Å². The summed E-state index contributed by atoms with van der Waals surface area (Å²) in [6.45, 7) is 4.56. The molecule has 0 aliphatic heterocycles. The molecule has 8 unspecified atom stereocenters. The number of alkyl halides is 1. The molecule has 0 radical (unpaired) electrons. The van der Waals surface area contributed by atoms with Crippen molar-refractivity contribution in [1.82, 2.24) is 9.78 Å². The number of rotatable bonds is 4. The second-order valence-corrected chi connectivity index (χ2v) is 12.4. The molecule has 4 nitrogen and oxygen atoms in total. The minimum atomic E-state index is -0.802. The largest absolute Gasteiger partial charge is 0.390 e. The van der Waals surface area contributed by atoms with Gasteiger partial charge in [0.25, 0.3) is 0 Å². The Morgan fingerprint density at radius 3 is 2.68 bits per heavy atom. The molecule has 4 aliphatic rings. The highest BCUT2D eigenvalue weighted by atomic mass is 32.2. The van der Waals surface area contributed by atoms with E-state index >= 15 is 4.39 Å². The van der Waals surface area contributed by atoms with E-state index in [-0.39, 0.29) is 17.3 Å². The first kappa shape index (κ1) is 21.9. The fraction of sp³-hybridized carbons (Fsp3) is 0.840. The molecule has 31 heavy (non-hydrogen) atoms. The third kappa shape index (κ3) is 3.70. The lowest BCUT2D eigenvalue weighted by atomic mass is 9.48. The van der Waals surface area contributed by atoms with Crippen LogP contribution in [0.5, 0.6) is 0 Å². The minimum absolute atomic E-state index is 0.000452. The van der Waals surface area contributed by atoms with Crippen molar-refractivity contribution in [1.29, 1.82) is 0 Å². The van der Waals surface area contributed by atoms with Crippen molar-refractivity contribution in [2.24, 2.45) is 40.9 Å². The third-order valence-electron chi connectivity index (χ3n) is 9.80. The van der Waals surface area contributed by atoms with Crippen LogP contribution in [0.2, 0.25) is 0 Å². The molecule has 0 saturated heterocycles. The summed E-state index contributed by atoms with van der Waals surface area (Å²) in [5.74, 6) is 2.27. The number of carbonyl (C=O) groups excluding carboxylic acids is 1. The molecule has 5 rings (SSSR count). The van der Waals surface area contributed by atoms with E-state index in [1.54, 1.807) is 16.4 Å². The first-order valence-corrected chi connectivity index (χ1v) is 13.4. The van der Waals surface area contributed by atoms with Crippen LogP contribution in [0.25, 0.3) is 0 Å². The fourth-order valence-corrected chi connectivity index (χ4v) is 8.72. The van der Waals surface area contributed by atoms with Gasteiger partial charge in [-0.3, -0.25) is 9.48 Å². The van der Waals surface area contributed by atoms with Gasteiger partial charge in [0.15, 0.2) is 5.78 Å². The summed E-state index contributed by atoms with van der Waals surface area (Å²) in [4.78, 5) is 14.4. The van der Waals surface area contributed by atoms with Gasteiger partial charge in [-0.05, 0) is 99.6 Å². The van der Waals surface area contributed by atoms with Gasteiger partial charge in [-0.15, -0.1) is 11.8 Å². The maximum absolute atomic E-state index is 15.4. The van der Waals surface area contributed by atoms with Crippen molar-refractivity contribution in [3.05, 3.63) is 12.4 Å². The predicted molar refractivity (Wildman–Crippen MR) is 121 cm³/mol. The molecule has 1 N–H and O–H groups in total. The molecule has 4 aliphatic carbocycles. The van der Waals surface area contributed by atoms with Crippen molar-refractivity contribution in [3.8, 4) is 0 Å². The van der Waals surface area contributed by atoms with Crippen molar-refractivity contribution in [2.45, 2.75) is 88.4 Å². The highest BCUT2D eigenvalue weighted by Crippen LogP contribution is 2.65. The van der Waals surface area contributed by atoms with E-state index in [2.05, 4.69) is 12.0 Å². The molecule has 1 aromatic rings. The summed E-state index contributed by atoms with van der Waals surface area (Å²) in [6.07, 6.45) is 12.2. The van der Waals surface area contributed by atoms with Crippen LogP contribution in [0.1, 0.15) is 65.2 Å². The Hall–Kier alpha value is -0.880. The Bertz CT molecular complexity index is 841. The Morgan fingerprint density at radius 2 is 1.94 bits per heavy atom. The monoisotopic (exact) mass is 448 g/mol. The van der Waals surface area contributed by atoms with Crippen LogP contribution in [0.15, 0.2) is 17.3 Å². The second kappa shape index (κ2) is 7.86. The van der Waals surface area contributed by atoms with Crippen molar-refractivity contribution in [3.63, 3.8) is 0 Å². The highest BCUT2D eigenvalue weighted by molar-refractivity contribution is 7.98. The van der Waals surface area contributed by atoms with Gasteiger partial charge in [-0.1, -0.05) is 6.92 Å². The second-order valence-electron chi connectivity index (χ2n) is 11.5. The van der Waals surface area contributed by atoms with Crippen LogP contribution in [0.3, 0.4) is 0 Å². The first-order valence-electron chi connectivity index (χ1n) is 12.2. The van der Waals surface area contributed by atoms with Crippen molar-refractivity contribution < 1.29 is 14.3 Å². The summed E-state index contributed by atoms with van der Waals surface area (Å²) < 4.78 is 17.2. The molecule has 0 spiro atoms. The molecule has 1 aromatic heterocycles. The summed E-state index contributed by atoms with van der Waals surface area (Å²) in [6, 6.07) is 0. The molecule has 0 amide bonds. The summed E-state index contributed by atoms with van der Waals surface area (Å²) in [7, 11) is 0. The maximum Gasteiger partial charge on any atom is 0.157 e. The number of fused-ring (bicyclic) bond motifs is 5. The van der Waals surface area contributed by atoms with E-state index in [4.69, 9.17) is 0 Å². The summed E-state index contributed by atoms with van der Waals surface area (Å²) >= 11 is 1.64. The van der Waals surface area contributed by atoms with E-state index < -0.39 is 11.8 Å². The minimum Gasteiger partial charge on any atom is -0.390 e. The van der Waals surface area contributed by atoms with Crippen molar-refractivity contribution in [2.75, 3.05) is 6.26 Å². The number of nitrogens with zero attached hydrogens (tertiary/aromatic N) is 2. The fourth-order valence-electron chi connectivity index (χ4n) is 8.34. The smallest absolute Gasteiger partial charge is 0.157 e. The average molecular weight is 449 g/mol. The van der Waals surface area contributed by atoms with Gasteiger partial charge in [0.1, 0.15) is 6.17 Å². The van der Waals surface area contributed by atoms with E-state index in [9.17, 15) is 9.90 Å². The molecular formula is C25H37FN2O2S. The molecule has 1 heterocycles. The van der Waals surface area contributed by atoms with E-state index in [0.717, 1.165) is 43.4 Å².